The predicted octanol–water partition coefficient (Wildman–Crippen LogP) is 1.86. The number of carbonyl (C=O) groups is 1. The van der Waals surface area contributed by atoms with Crippen LogP contribution in [0.5, 0.6) is 5.75 Å². The minimum atomic E-state index is 0.00950. The SMILES string of the molecule is CC(C)Oc1ccc(CNCC(=O)NCC2CCCO2)cc1. The van der Waals surface area contributed by atoms with Gasteiger partial charge in [0.1, 0.15) is 5.75 Å². The standard InChI is InChI=1S/C17H26N2O3/c1-13(2)22-15-7-5-14(6-8-15)10-18-12-17(20)19-11-16-4-3-9-21-16/h5-8,13,16,18H,3-4,9-12H2,1-2H3,(H,19,20). The molecule has 122 valence electrons. The van der Waals surface area contributed by atoms with Gasteiger partial charge in [-0.15, -0.1) is 0 Å². The molecule has 0 aliphatic carbocycles. The van der Waals surface area contributed by atoms with Gasteiger partial charge in [0.15, 0.2) is 0 Å². The molecule has 2 rings (SSSR count). The topological polar surface area (TPSA) is 59.6 Å². The fraction of sp³-hybridized carbons (Fsp3) is 0.588. The Kier molecular flexibility index (Phi) is 6.68. The average molecular weight is 306 g/mol. The second-order valence-electron chi connectivity index (χ2n) is 5.85. The number of hydrogen-bond donors (Lipinski definition) is 2. The van der Waals surface area contributed by atoms with Crippen LogP contribution in [0.4, 0.5) is 0 Å². The molecule has 1 amide bonds. The number of amides is 1. The van der Waals surface area contributed by atoms with Crippen molar-refractivity contribution in [2.24, 2.45) is 0 Å². The highest BCUT2D eigenvalue weighted by Crippen LogP contribution is 2.13. The largest absolute Gasteiger partial charge is 0.491 e. The first kappa shape index (κ1) is 16.8. The van der Waals surface area contributed by atoms with E-state index in [1.54, 1.807) is 0 Å². The Bertz CT molecular complexity index is 453. The van der Waals surface area contributed by atoms with Gasteiger partial charge in [-0.3, -0.25) is 4.79 Å². The molecule has 1 heterocycles. The van der Waals surface area contributed by atoms with Crippen molar-refractivity contribution in [2.45, 2.75) is 45.4 Å². The Morgan fingerprint density at radius 3 is 2.77 bits per heavy atom. The number of rotatable bonds is 8. The van der Waals surface area contributed by atoms with E-state index in [0.29, 0.717) is 19.6 Å². The Hall–Kier alpha value is -1.59. The lowest BCUT2D eigenvalue weighted by atomic mass is 10.2. The van der Waals surface area contributed by atoms with Crippen molar-refractivity contribution < 1.29 is 14.3 Å². The first-order valence-corrected chi connectivity index (χ1v) is 7.98. The zero-order chi connectivity index (χ0) is 15.8. The maximum Gasteiger partial charge on any atom is 0.234 e. The van der Waals surface area contributed by atoms with Crippen molar-refractivity contribution >= 4 is 5.91 Å². The summed E-state index contributed by atoms with van der Waals surface area (Å²) in [4.78, 5) is 11.7. The van der Waals surface area contributed by atoms with Crippen LogP contribution in [0, 0.1) is 0 Å². The minimum absolute atomic E-state index is 0.00950. The van der Waals surface area contributed by atoms with Crippen molar-refractivity contribution in [1.82, 2.24) is 10.6 Å². The smallest absolute Gasteiger partial charge is 0.234 e. The van der Waals surface area contributed by atoms with E-state index >= 15 is 0 Å². The van der Waals surface area contributed by atoms with Gasteiger partial charge < -0.3 is 20.1 Å². The second kappa shape index (κ2) is 8.76. The van der Waals surface area contributed by atoms with Gasteiger partial charge in [0.2, 0.25) is 5.91 Å². The molecule has 1 fully saturated rings. The molecule has 2 N–H and O–H groups in total. The van der Waals surface area contributed by atoms with E-state index in [9.17, 15) is 4.79 Å². The fourth-order valence-electron chi connectivity index (χ4n) is 2.37. The van der Waals surface area contributed by atoms with Crippen LogP contribution in [0.15, 0.2) is 24.3 Å². The third-order valence-electron chi connectivity index (χ3n) is 3.46. The molecular weight excluding hydrogens is 280 g/mol. The number of carbonyl (C=O) groups excluding carboxylic acids is 1. The molecule has 1 aliphatic rings. The zero-order valence-electron chi connectivity index (χ0n) is 13.4. The quantitative estimate of drug-likeness (QED) is 0.769. The summed E-state index contributed by atoms with van der Waals surface area (Å²) < 4.78 is 11.1. The zero-order valence-corrected chi connectivity index (χ0v) is 13.4. The number of benzene rings is 1. The van der Waals surface area contributed by atoms with E-state index in [-0.39, 0.29) is 18.1 Å². The molecule has 22 heavy (non-hydrogen) atoms. The van der Waals surface area contributed by atoms with Gasteiger partial charge in [-0.2, -0.15) is 0 Å². The van der Waals surface area contributed by atoms with Crippen LogP contribution in [-0.4, -0.2) is 37.8 Å². The van der Waals surface area contributed by atoms with Gasteiger partial charge in [-0.25, -0.2) is 0 Å². The van der Waals surface area contributed by atoms with Gasteiger partial charge in [0, 0.05) is 19.7 Å². The van der Waals surface area contributed by atoms with E-state index in [1.807, 2.05) is 38.1 Å². The van der Waals surface area contributed by atoms with Gasteiger partial charge in [-0.05, 0) is 44.4 Å². The van der Waals surface area contributed by atoms with E-state index in [4.69, 9.17) is 9.47 Å². The maximum atomic E-state index is 11.7. The van der Waals surface area contributed by atoms with E-state index in [2.05, 4.69) is 10.6 Å². The molecule has 0 spiro atoms. The molecular formula is C17H26N2O3. The summed E-state index contributed by atoms with van der Waals surface area (Å²) in [5.41, 5.74) is 1.13. The molecule has 5 heteroatoms. The van der Waals surface area contributed by atoms with Crippen LogP contribution < -0.4 is 15.4 Å². The molecule has 1 aromatic carbocycles. The number of nitrogens with one attached hydrogen (secondary N) is 2. The van der Waals surface area contributed by atoms with Crippen molar-refractivity contribution in [3.05, 3.63) is 29.8 Å². The van der Waals surface area contributed by atoms with Crippen LogP contribution in [0.1, 0.15) is 32.3 Å². The molecule has 1 saturated heterocycles. The monoisotopic (exact) mass is 306 g/mol. The van der Waals surface area contributed by atoms with Crippen molar-refractivity contribution in [3.8, 4) is 5.75 Å². The average Bonchev–Trinajstić information content (AvgIpc) is 3.00. The van der Waals surface area contributed by atoms with E-state index < -0.39 is 0 Å². The maximum absolute atomic E-state index is 11.7. The van der Waals surface area contributed by atoms with Gasteiger partial charge in [0.25, 0.3) is 0 Å². The predicted molar refractivity (Wildman–Crippen MR) is 85.9 cm³/mol. The second-order valence-corrected chi connectivity index (χ2v) is 5.85. The highest BCUT2D eigenvalue weighted by molar-refractivity contribution is 5.77. The number of hydrogen-bond acceptors (Lipinski definition) is 4. The van der Waals surface area contributed by atoms with Gasteiger partial charge >= 0.3 is 0 Å². The van der Waals surface area contributed by atoms with Crippen molar-refractivity contribution in [3.63, 3.8) is 0 Å². The van der Waals surface area contributed by atoms with Crippen LogP contribution in [0.3, 0.4) is 0 Å². The molecule has 1 aliphatic heterocycles. The first-order chi connectivity index (χ1) is 10.6. The van der Waals surface area contributed by atoms with E-state index in [1.165, 1.54) is 0 Å². The Morgan fingerprint density at radius 2 is 2.14 bits per heavy atom. The normalized spacial score (nSPS) is 17.7. The van der Waals surface area contributed by atoms with Crippen LogP contribution in [-0.2, 0) is 16.1 Å². The lowest BCUT2D eigenvalue weighted by molar-refractivity contribution is -0.120. The summed E-state index contributed by atoms with van der Waals surface area (Å²) in [6, 6.07) is 7.92. The number of ether oxygens (including phenoxy) is 2. The Morgan fingerprint density at radius 1 is 1.36 bits per heavy atom. The molecule has 0 aromatic heterocycles. The van der Waals surface area contributed by atoms with Crippen LogP contribution in [0.25, 0.3) is 0 Å². The summed E-state index contributed by atoms with van der Waals surface area (Å²) >= 11 is 0. The summed E-state index contributed by atoms with van der Waals surface area (Å²) in [7, 11) is 0. The minimum Gasteiger partial charge on any atom is -0.491 e. The summed E-state index contributed by atoms with van der Waals surface area (Å²) in [5, 5.41) is 6.04. The van der Waals surface area contributed by atoms with Crippen LogP contribution >= 0.6 is 0 Å². The Labute approximate surface area is 132 Å². The summed E-state index contributed by atoms with van der Waals surface area (Å²) in [6.45, 7) is 6.42. The third-order valence-corrected chi connectivity index (χ3v) is 3.46. The molecule has 1 unspecified atom stereocenters. The Balaban J connectivity index is 1.61. The van der Waals surface area contributed by atoms with E-state index in [0.717, 1.165) is 30.8 Å². The fourth-order valence-corrected chi connectivity index (χ4v) is 2.37. The summed E-state index contributed by atoms with van der Waals surface area (Å²) in [5.74, 6) is 0.878. The molecule has 1 atom stereocenters. The molecule has 0 radical (unpaired) electrons. The van der Waals surface area contributed by atoms with Crippen molar-refractivity contribution in [1.29, 1.82) is 0 Å². The molecule has 1 aromatic rings. The lowest BCUT2D eigenvalue weighted by Gasteiger charge is -2.12. The first-order valence-electron chi connectivity index (χ1n) is 7.98. The van der Waals surface area contributed by atoms with Gasteiger partial charge in [-0.1, -0.05) is 12.1 Å². The van der Waals surface area contributed by atoms with Crippen molar-refractivity contribution in [2.75, 3.05) is 19.7 Å². The molecule has 0 bridgehead atoms. The highest BCUT2D eigenvalue weighted by Gasteiger charge is 2.15. The third kappa shape index (κ3) is 6.03. The lowest BCUT2D eigenvalue weighted by Crippen LogP contribution is -2.37. The van der Waals surface area contributed by atoms with Gasteiger partial charge in [0.05, 0.1) is 18.8 Å². The molecule has 0 saturated carbocycles. The highest BCUT2D eigenvalue weighted by atomic mass is 16.5. The molecule has 5 nitrogen and oxygen atoms in total. The summed E-state index contributed by atoms with van der Waals surface area (Å²) in [6.07, 6.45) is 2.50. The van der Waals surface area contributed by atoms with Crippen LogP contribution in [0.2, 0.25) is 0 Å².